The molecule has 1 N–H and O–H groups in total. The zero-order valence-corrected chi connectivity index (χ0v) is 12.6. The van der Waals surface area contributed by atoms with Gasteiger partial charge < -0.3 is 10.1 Å². The minimum Gasteiger partial charge on any atom is -0.477 e. The molecule has 0 fully saturated rings. The quantitative estimate of drug-likeness (QED) is 0.869. The first-order chi connectivity index (χ1) is 9.89. The molecule has 0 unspecified atom stereocenters. The van der Waals surface area contributed by atoms with E-state index in [1.807, 2.05) is 19.9 Å². The lowest BCUT2D eigenvalue weighted by Gasteiger charge is -2.10. The van der Waals surface area contributed by atoms with Crippen LogP contribution >= 0.6 is 11.3 Å². The predicted molar refractivity (Wildman–Crippen MR) is 77.1 cm³/mol. The maximum atomic E-state index is 12.2. The molecule has 21 heavy (non-hydrogen) atoms. The molecule has 0 saturated heterocycles. The summed E-state index contributed by atoms with van der Waals surface area (Å²) < 4.78 is 41.8. The molecule has 0 atom stereocenters. The van der Waals surface area contributed by atoms with Crippen LogP contribution in [0.15, 0.2) is 6.07 Å². The number of anilines is 1. The van der Waals surface area contributed by atoms with Gasteiger partial charge in [0.2, 0.25) is 11.8 Å². The molecule has 0 aliphatic carbocycles. The van der Waals surface area contributed by atoms with Crippen LogP contribution in [-0.4, -0.2) is 29.3 Å². The molecule has 0 radical (unpaired) electrons. The summed E-state index contributed by atoms with van der Waals surface area (Å²) in [4.78, 5) is 10.2. The normalized spacial score (nSPS) is 11.9. The van der Waals surface area contributed by atoms with Crippen LogP contribution in [-0.2, 0) is 0 Å². The number of fused-ring (bicyclic) bond motifs is 1. The van der Waals surface area contributed by atoms with Crippen molar-refractivity contribution >= 4 is 27.5 Å². The Bertz CT molecular complexity index is 612. The number of halogens is 3. The van der Waals surface area contributed by atoms with E-state index in [1.54, 1.807) is 0 Å². The predicted octanol–water partition coefficient (Wildman–Crippen LogP) is 4.15. The zero-order valence-electron chi connectivity index (χ0n) is 11.8. The number of hydrogen-bond acceptors (Lipinski definition) is 5. The fraction of sp³-hybridized carbons (Fsp3) is 0.538. The van der Waals surface area contributed by atoms with Gasteiger partial charge in [-0.15, -0.1) is 11.3 Å². The lowest BCUT2D eigenvalue weighted by Crippen LogP contribution is -2.14. The van der Waals surface area contributed by atoms with E-state index in [1.165, 1.54) is 11.3 Å². The third-order valence-corrected chi connectivity index (χ3v) is 3.58. The number of nitrogens with one attached hydrogen (secondary N) is 1. The first kappa shape index (κ1) is 15.8. The van der Waals surface area contributed by atoms with Crippen LogP contribution in [0.4, 0.5) is 19.1 Å². The highest BCUT2D eigenvalue weighted by molar-refractivity contribution is 7.18. The Morgan fingerprint density at radius 3 is 2.76 bits per heavy atom. The molecule has 2 rings (SSSR count). The number of alkyl halides is 3. The molecule has 4 nitrogen and oxygen atoms in total. The maximum absolute atomic E-state index is 12.2. The van der Waals surface area contributed by atoms with Gasteiger partial charge >= 0.3 is 6.18 Å². The number of hydrogen-bond donors (Lipinski definition) is 1. The minimum atomic E-state index is -4.24. The SMILES string of the molecule is CCCNc1nc(OCCC(F)(F)F)c2cc(C)sc2n1. The summed E-state index contributed by atoms with van der Waals surface area (Å²) >= 11 is 1.46. The number of aromatic nitrogens is 2. The standard InChI is InChI=1S/C13H16F3N3OS/c1-3-5-17-12-18-10(20-6-4-13(14,15)16)9-7-8(2)21-11(9)19-12/h7H,3-6H2,1-2H3,(H,17,18,19). The van der Waals surface area contributed by atoms with Crippen molar-refractivity contribution in [1.82, 2.24) is 9.97 Å². The third kappa shape index (κ3) is 4.45. The summed E-state index contributed by atoms with van der Waals surface area (Å²) in [7, 11) is 0. The van der Waals surface area contributed by atoms with Crippen molar-refractivity contribution in [3.05, 3.63) is 10.9 Å². The Morgan fingerprint density at radius 1 is 1.33 bits per heavy atom. The molecule has 0 spiro atoms. The molecule has 0 aliphatic heterocycles. The van der Waals surface area contributed by atoms with Gasteiger partial charge in [0.05, 0.1) is 18.4 Å². The summed E-state index contributed by atoms with van der Waals surface area (Å²) in [6.45, 7) is 4.15. The van der Waals surface area contributed by atoms with Gasteiger partial charge in [0.1, 0.15) is 4.83 Å². The van der Waals surface area contributed by atoms with E-state index in [-0.39, 0.29) is 5.88 Å². The Hall–Kier alpha value is -1.57. The van der Waals surface area contributed by atoms with Crippen molar-refractivity contribution in [2.24, 2.45) is 0 Å². The molecule has 0 aliphatic rings. The monoisotopic (exact) mass is 319 g/mol. The molecular weight excluding hydrogens is 303 g/mol. The minimum absolute atomic E-state index is 0.201. The van der Waals surface area contributed by atoms with E-state index in [2.05, 4.69) is 15.3 Å². The Morgan fingerprint density at radius 2 is 2.10 bits per heavy atom. The van der Waals surface area contributed by atoms with E-state index in [4.69, 9.17) is 4.74 Å². The van der Waals surface area contributed by atoms with Crippen molar-refractivity contribution in [2.45, 2.75) is 32.9 Å². The summed E-state index contributed by atoms with van der Waals surface area (Å²) in [5.74, 6) is 0.584. The molecule has 8 heteroatoms. The van der Waals surface area contributed by atoms with Crippen LogP contribution in [0.3, 0.4) is 0 Å². The number of aryl methyl sites for hydroxylation is 1. The fourth-order valence-corrected chi connectivity index (χ4v) is 2.58. The van der Waals surface area contributed by atoms with Crippen molar-refractivity contribution in [1.29, 1.82) is 0 Å². The average Bonchev–Trinajstić information content (AvgIpc) is 2.75. The van der Waals surface area contributed by atoms with E-state index < -0.39 is 19.2 Å². The molecular formula is C13H16F3N3OS. The maximum Gasteiger partial charge on any atom is 0.392 e. The highest BCUT2D eigenvalue weighted by Crippen LogP contribution is 2.31. The molecule has 0 aromatic carbocycles. The van der Waals surface area contributed by atoms with Gasteiger partial charge in [-0.05, 0) is 19.4 Å². The fourth-order valence-electron chi connectivity index (χ4n) is 1.71. The first-order valence-corrected chi connectivity index (χ1v) is 7.42. The number of rotatable bonds is 6. The van der Waals surface area contributed by atoms with Gasteiger partial charge in [-0.25, -0.2) is 4.98 Å². The number of thiophene rings is 1. The van der Waals surface area contributed by atoms with Gasteiger partial charge in [0.15, 0.2) is 0 Å². The zero-order chi connectivity index (χ0) is 15.5. The van der Waals surface area contributed by atoms with Crippen LogP contribution in [0.2, 0.25) is 0 Å². The lowest BCUT2D eigenvalue weighted by molar-refractivity contribution is -0.139. The summed E-state index contributed by atoms with van der Waals surface area (Å²) in [6.07, 6.45) is -4.34. The second-order valence-electron chi connectivity index (χ2n) is 4.57. The molecule has 0 amide bonds. The Balaban J connectivity index is 2.22. The topological polar surface area (TPSA) is 47.0 Å². The summed E-state index contributed by atoms with van der Waals surface area (Å²) in [5, 5.41) is 3.68. The van der Waals surface area contributed by atoms with Gasteiger partial charge in [0, 0.05) is 11.4 Å². The molecule has 2 aromatic rings. The van der Waals surface area contributed by atoms with E-state index >= 15 is 0 Å². The Kier molecular flexibility index (Phi) is 4.87. The van der Waals surface area contributed by atoms with Crippen LogP contribution < -0.4 is 10.1 Å². The van der Waals surface area contributed by atoms with E-state index in [9.17, 15) is 13.2 Å². The molecule has 116 valence electrons. The molecule has 2 aromatic heterocycles. The van der Waals surface area contributed by atoms with Gasteiger partial charge in [-0.1, -0.05) is 6.92 Å². The highest BCUT2D eigenvalue weighted by atomic mass is 32.1. The smallest absolute Gasteiger partial charge is 0.392 e. The Labute approximate surface area is 124 Å². The highest BCUT2D eigenvalue weighted by Gasteiger charge is 2.27. The summed E-state index contributed by atoms with van der Waals surface area (Å²) in [5.41, 5.74) is 0. The lowest BCUT2D eigenvalue weighted by atomic mass is 10.3. The van der Waals surface area contributed by atoms with E-state index in [0.717, 1.165) is 11.3 Å². The van der Waals surface area contributed by atoms with Gasteiger partial charge in [0.25, 0.3) is 0 Å². The van der Waals surface area contributed by atoms with Crippen LogP contribution in [0, 0.1) is 6.92 Å². The van der Waals surface area contributed by atoms with Crippen molar-refractivity contribution in [2.75, 3.05) is 18.5 Å². The molecule has 0 bridgehead atoms. The number of ether oxygens (including phenoxy) is 1. The van der Waals surface area contributed by atoms with Gasteiger partial charge in [-0.2, -0.15) is 18.2 Å². The molecule has 0 saturated carbocycles. The van der Waals surface area contributed by atoms with Gasteiger partial charge in [-0.3, -0.25) is 0 Å². The second kappa shape index (κ2) is 6.46. The van der Waals surface area contributed by atoms with Crippen molar-refractivity contribution < 1.29 is 17.9 Å². The number of nitrogens with zero attached hydrogens (tertiary/aromatic N) is 2. The van der Waals surface area contributed by atoms with Crippen molar-refractivity contribution in [3.8, 4) is 5.88 Å². The van der Waals surface area contributed by atoms with Crippen LogP contribution in [0.25, 0.3) is 10.2 Å². The van der Waals surface area contributed by atoms with Crippen LogP contribution in [0.1, 0.15) is 24.6 Å². The largest absolute Gasteiger partial charge is 0.477 e. The first-order valence-electron chi connectivity index (χ1n) is 6.60. The van der Waals surface area contributed by atoms with E-state index in [0.29, 0.717) is 22.7 Å². The molecule has 2 heterocycles. The van der Waals surface area contributed by atoms with Crippen molar-refractivity contribution in [3.63, 3.8) is 0 Å². The summed E-state index contributed by atoms with van der Waals surface area (Å²) in [6, 6.07) is 1.83. The second-order valence-corrected chi connectivity index (χ2v) is 5.80. The third-order valence-electron chi connectivity index (χ3n) is 2.64. The average molecular weight is 319 g/mol. The van der Waals surface area contributed by atoms with Crippen LogP contribution in [0.5, 0.6) is 5.88 Å².